The summed E-state index contributed by atoms with van der Waals surface area (Å²) in [5.41, 5.74) is 3.71. The predicted octanol–water partition coefficient (Wildman–Crippen LogP) is 4.10. The van der Waals surface area contributed by atoms with Crippen molar-refractivity contribution in [2.75, 3.05) is 34.3 Å². The standard InChI is InChI=1S/C27H32N2O4/c1-6-7-16-27(2,18-29(3,4)5)24(25(30)31)28-26(32)33-17-23-21-14-10-8-12-19(21)20-13-9-11-15-22(20)23/h8-15,23-24H,16-18H2,1-5H3,(H-,28,30,31,32)/p+1/t24-,27+/m0/s1. The second-order valence-electron chi connectivity index (χ2n) is 9.95. The summed E-state index contributed by atoms with van der Waals surface area (Å²) in [6.07, 6.45) is -0.388. The molecule has 1 aliphatic carbocycles. The van der Waals surface area contributed by atoms with Crippen molar-refractivity contribution in [1.29, 1.82) is 0 Å². The first kappa shape index (κ1) is 24.3. The molecule has 0 heterocycles. The zero-order chi connectivity index (χ0) is 24.2. The number of aliphatic carboxylic acids is 1. The lowest BCUT2D eigenvalue weighted by atomic mass is 9.78. The number of hydrogen-bond donors (Lipinski definition) is 2. The quantitative estimate of drug-likeness (QED) is 0.470. The minimum absolute atomic E-state index is 0.0880. The molecule has 0 fully saturated rings. The topological polar surface area (TPSA) is 75.6 Å². The highest BCUT2D eigenvalue weighted by Crippen LogP contribution is 2.44. The molecule has 0 bridgehead atoms. The summed E-state index contributed by atoms with van der Waals surface area (Å²) in [6, 6.07) is 15.0. The molecule has 0 radical (unpaired) electrons. The van der Waals surface area contributed by atoms with E-state index in [9.17, 15) is 14.7 Å². The van der Waals surface area contributed by atoms with Gasteiger partial charge in [-0.1, -0.05) is 55.5 Å². The number of nitrogens with one attached hydrogen (secondary N) is 1. The third kappa shape index (κ3) is 5.55. The van der Waals surface area contributed by atoms with E-state index in [1.54, 1.807) is 6.92 Å². The Balaban J connectivity index is 1.77. The van der Waals surface area contributed by atoms with Crippen LogP contribution in [0.5, 0.6) is 0 Å². The molecular formula is C27H33N2O4+. The lowest BCUT2D eigenvalue weighted by Crippen LogP contribution is -2.58. The van der Waals surface area contributed by atoms with Gasteiger partial charge in [0.1, 0.15) is 12.6 Å². The summed E-state index contributed by atoms with van der Waals surface area (Å²) >= 11 is 0. The largest absolute Gasteiger partial charge is 0.480 e. The second-order valence-corrected chi connectivity index (χ2v) is 9.95. The van der Waals surface area contributed by atoms with Gasteiger partial charge in [0.15, 0.2) is 0 Å². The first-order valence-electron chi connectivity index (χ1n) is 11.1. The fourth-order valence-corrected chi connectivity index (χ4v) is 4.92. The molecule has 2 aromatic rings. The average Bonchev–Trinajstić information content (AvgIpc) is 3.07. The normalized spacial score (nSPS) is 15.3. The van der Waals surface area contributed by atoms with Gasteiger partial charge in [0, 0.05) is 12.3 Å². The molecule has 33 heavy (non-hydrogen) atoms. The van der Waals surface area contributed by atoms with Crippen LogP contribution in [0, 0.1) is 17.3 Å². The number of amides is 1. The smallest absolute Gasteiger partial charge is 0.407 e. The number of benzene rings is 2. The third-order valence-corrected chi connectivity index (χ3v) is 6.05. The van der Waals surface area contributed by atoms with E-state index in [2.05, 4.69) is 29.3 Å². The molecule has 0 saturated carbocycles. The Kier molecular flexibility index (Phi) is 7.14. The maximum absolute atomic E-state index is 12.8. The van der Waals surface area contributed by atoms with Crippen LogP contribution in [-0.2, 0) is 9.53 Å². The van der Waals surface area contributed by atoms with Gasteiger partial charge in [0.2, 0.25) is 0 Å². The first-order chi connectivity index (χ1) is 15.6. The molecule has 1 aliphatic rings. The van der Waals surface area contributed by atoms with Crippen molar-refractivity contribution in [3.8, 4) is 23.0 Å². The fraction of sp³-hybridized carbons (Fsp3) is 0.407. The molecule has 174 valence electrons. The number of nitrogens with zero attached hydrogens (tertiary/aromatic N) is 1. The van der Waals surface area contributed by atoms with Crippen LogP contribution in [0.4, 0.5) is 4.79 Å². The van der Waals surface area contributed by atoms with E-state index >= 15 is 0 Å². The van der Waals surface area contributed by atoms with Crippen molar-refractivity contribution in [3.05, 3.63) is 59.7 Å². The molecule has 0 aromatic heterocycles. The second kappa shape index (κ2) is 9.68. The van der Waals surface area contributed by atoms with E-state index < -0.39 is 23.5 Å². The Morgan fingerprint density at radius 3 is 2.12 bits per heavy atom. The van der Waals surface area contributed by atoms with Crippen LogP contribution in [0.25, 0.3) is 11.1 Å². The summed E-state index contributed by atoms with van der Waals surface area (Å²) in [5, 5.41) is 12.6. The SMILES string of the molecule is CC#CC[C@](C)(C[N+](C)(C)C)[C@@H](NC(=O)OCC1c2ccccc2-c2ccccc21)C(=O)O. The molecular weight excluding hydrogens is 416 g/mol. The molecule has 0 unspecified atom stereocenters. The van der Waals surface area contributed by atoms with Crippen LogP contribution >= 0.6 is 0 Å². The molecule has 3 rings (SSSR count). The molecule has 0 saturated heterocycles. The molecule has 2 N–H and O–H groups in total. The molecule has 1 amide bonds. The van der Waals surface area contributed by atoms with Gasteiger partial charge in [0.05, 0.1) is 33.1 Å². The van der Waals surface area contributed by atoms with Gasteiger partial charge in [-0.2, -0.15) is 0 Å². The van der Waals surface area contributed by atoms with Crippen LogP contribution in [0.1, 0.15) is 37.3 Å². The molecule has 0 spiro atoms. The predicted molar refractivity (Wildman–Crippen MR) is 129 cm³/mol. The van der Waals surface area contributed by atoms with Gasteiger partial charge < -0.3 is 19.6 Å². The van der Waals surface area contributed by atoms with Crippen molar-refractivity contribution in [2.45, 2.75) is 32.2 Å². The maximum Gasteiger partial charge on any atom is 0.407 e. The van der Waals surface area contributed by atoms with E-state index in [-0.39, 0.29) is 12.5 Å². The monoisotopic (exact) mass is 449 g/mol. The molecule has 6 heteroatoms. The maximum atomic E-state index is 12.8. The van der Waals surface area contributed by atoms with Crippen molar-refractivity contribution >= 4 is 12.1 Å². The van der Waals surface area contributed by atoms with Crippen LogP contribution in [0.2, 0.25) is 0 Å². The number of carbonyl (C=O) groups is 2. The van der Waals surface area contributed by atoms with Gasteiger partial charge in [0.25, 0.3) is 0 Å². The van der Waals surface area contributed by atoms with Crippen molar-refractivity contribution in [1.82, 2.24) is 5.32 Å². The Hall–Kier alpha value is -3.30. The van der Waals surface area contributed by atoms with Crippen molar-refractivity contribution in [2.24, 2.45) is 5.41 Å². The zero-order valence-corrected chi connectivity index (χ0v) is 20.0. The van der Waals surface area contributed by atoms with Crippen molar-refractivity contribution < 1.29 is 23.9 Å². The van der Waals surface area contributed by atoms with Gasteiger partial charge in [-0.3, -0.25) is 0 Å². The minimum atomic E-state index is -1.13. The summed E-state index contributed by atoms with van der Waals surface area (Å²) in [4.78, 5) is 25.0. The highest BCUT2D eigenvalue weighted by molar-refractivity contribution is 5.81. The molecule has 2 aromatic carbocycles. The summed E-state index contributed by atoms with van der Waals surface area (Å²) in [7, 11) is 5.97. The number of hydrogen-bond acceptors (Lipinski definition) is 3. The number of rotatable bonds is 8. The fourth-order valence-electron chi connectivity index (χ4n) is 4.92. The third-order valence-electron chi connectivity index (χ3n) is 6.05. The molecule has 6 nitrogen and oxygen atoms in total. The zero-order valence-electron chi connectivity index (χ0n) is 20.0. The highest BCUT2D eigenvalue weighted by Gasteiger charge is 2.44. The lowest BCUT2D eigenvalue weighted by molar-refractivity contribution is -0.877. The van der Waals surface area contributed by atoms with E-state index in [4.69, 9.17) is 4.74 Å². The highest BCUT2D eigenvalue weighted by atomic mass is 16.5. The molecule has 0 aliphatic heterocycles. The summed E-state index contributed by atoms with van der Waals surface area (Å²) in [5.74, 6) is 4.66. The van der Waals surface area contributed by atoms with Crippen LogP contribution in [0.15, 0.2) is 48.5 Å². The number of carbonyl (C=O) groups excluding carboxylic acids is 1. The van der Waals surface area contributed by atoms with Crippen LogP contribution in [0.3, 0.4) is 0 Å². The van der Waals surface area contributed by atoms with Gasteiger partial charge in [-0.25, -0.2) is 9.59 Å². The van der Waals surface area contributed by atoms with Crippen LogP contribution in [-0.4, -0.2) is 62.0 Å². The number of carboxylic acids is 1. The number of carboxylic acid groups (broad SMARTS) is 1. The van der Waals surface area contributed by atoms with Gasteiger partial charge in [-0.05, 0) is 29.2 Å². The lowest BCUT2D eigenvalue weighted by Gasteiger charge is -2.39. The minimum Gasteiger partial charge on any atom is -0.480 e. The summed E-state index contributed by atoms with van der Waals surface area (Å²) in [6.45, 7) is 4.22. The summed E-state index contributed by atoms with van der Waals surface area (Å²) < 4.78 is 6.14. The first-order valence-corrected chi connectivity index (χ1v) is 11.1. The Morgan fingerprint density at radius 1 is 1.09 bits per heavy atom. The van der Waals surface area contributed by atoms with Gasteiger partial charge in [-0.15, -0.1) is 11.8 Å². The Labute approximate surface area is 196 Å². The Morgan fingerprint density at radius 2 is 1.64 bits per heavy atom. The Bertz CT molecular complexity index is 1050. The van der Waals surface area contributed by atoms with Crippen molar-refractivity contribution in [3.63, 3.8) is 0 Å². The molecule has 2 atom stereocenters. The number of ether oxygens (including phenoxy) is 1. The number of alkyl carbamates (subject to hydrolysis) is 1. The van der Waals surface area contributed by atoms with E-state index in [0.29, 0.717) is 17.4 Å². The van der Waals surface area contributed by atoms with E-state index in [1.165, 1.54) is 0 Å². The van der Waals surface area contributed by atoms with E-state index in [0.717, 1.165) is 22.3 Å². The van der Waals surface area contributed by atoms with E-state index in [1.807, 2.05) is 64.5 Å². The van der Waals surface area contributed by atoms with Crippen LogP contribution < -0.4 is 5.32 Å². The number of fused-ring (bicyclic) bond motifs is 3. The number of quaternary nitrogens is 1. The van der Waals surface area contributed by atoms with Gasteiger partial charge >= 0.3 is 12.1 Å². The average molecular weight is 450 g/mol.